The van der Waals surface area contributed by atoms with Crippen molar-refractivity contribution >= 4 is 22.8 Å². The molecule has 1 saturated carbocycles. The highest BCUT2D eigenvalue weighted by molar-refractivity contribution is 6.10. The van der Waals surface area contributed by atoms with Crippen LogP contribution in [0.3, 0.4) is 0 Å². The fraction of sp³-hybridized carbons (Fsp3) is 0.429. The average molecular weight is 395 g/mol. The van der Waals surface area contributed by atoms with Crippen molar-refractivity contribution < 1.29 is 13.6 Å². The normalized spacial score (nSPS) is 20.2. The number of halogens is 1. The van der Waals surface area contributed by atoms with Crippen LogP contribution in [0.5, 0.6) is 0 Å². The number of furan rings is 1. The van der Waals surface area contributed by atoms with Crippen molar-refractivity contribution in [2.24, 2.45) is 0 Å². The first-order valence-electron chi connectivity index (χ1n) is 9.85. The summed E-state index contributed by atoms with van der Waals surface area (Å²) in [6, 6.07) is 1.50. The van der Waals surface area contributed by atoms with Crippen molar-refractivity contribution in [1.82, 2.24) is 19.9 Å². The van der Waals surface area contributed by atoms with E-state index < -0.39 is 0 Å². The van der Waals surface area contributed by atoms with Crippen LogP contribution in [0.4, 0.5) is 10.2 Å². The van der Waals surface area contributed by atoms with Gasteiger partial charge >= 0.3 is 0 Å². The van der Waals surface area contributed by atoms with E-state index in [9.17, 15) is 9.18 Å². The number of hydrogen-bond donors (Lipinski definition) is 1. The number of rotatable bonds is 4. The van der Waals surface area contributed by atoms with Gasteiger partial charge < -0.3 is 14.6 Å². The summed E-state index contributed by atoms with van der Waals surface area (Å²) in [6.07, 6.45) is 7.22. The number of aromatic nitrogens is 3. The number of fused-ring (bicyclic) bond motifs is 1. The Morgan fingerprint density at radius 1 is 1.34 bits per heavy atom. The van der Waals surface area contributed by atoms with Gasteiger partial charge in [0, 0.05) is 30.7 Å². The Hall–Kier alpha value is -3.03. The minimum absolute atomic E-state index is 0.00982. The van der Waals surface area contributed by atoms with E-state index in [0.717, 1.165) is 24.8 Å². The summed E-state index contributed by atoms with van der Waals surface area (Å²) in [4.78, 5) is 27.7. The summed E-state index contributed by atoms with van der Waals surface area (Å²) in [6.45, 7) is 5.03. The van der Waals surface area contributed by atoms with Gasteiger partial charge in [0.15, 0.2) is 0 Å². The number of carbonyl (C=O) groups is 1. The van der Waals surface area contributed by atoms with Crippen LogP contribution in [0.15, 0.2) is 29.2 Å². The van der Waals surface area contributed by atoms with Crippen LogP contribution in [0.1, 0.15) is 53.8 Å². The van der Waals surface area contributed by atoms with Crippen LogP contribution < -0.4 is 5.32 Å². The molecule has 1 aliphatic heterocycles. The number of carbonyl (C=O) groups excluding carboxylic acids is 1. The standard InChI is InChI=1S/C21H22FN5O2/c1-12-16(17-18(26-21(2)4-5-21)24-11-25-19(17)29-12)20(28)27-6-3-13(10-27)14-7-15(22)9-23-8-14/h7-9,11,13H,3-6,10H2,1-2H3,(H,24,25,26). The first kappa shape index (κ1) is 18.0. The molecule has 1 N–H and O–H groups in total. The maximum absolute atomic E-state index is 13.5. The Morgan fingerprint density at radius 2 is 2.17 bits per heavy atom. The van der Waals surface area contributed by atoms with Crippen LogP contribution >= 0.6 is 0 Å². The highest BCUT2D eigenvalue weighted by Crippen LogP contribution is 2.40. The third-order valence-electron chi connectivity index (χ3n) is 5.97. The third-order valence-corrected chi connectivity index (χ3v) is 5.97. The van der Waals surface area contributed by atoms with Gasteiger partial charge in [0.2, 0.25) is 5.71 Å². The lowest BCUT2D eigenvalue weighted by molar-refractivity contribution is 0.0790. The van der Waals surface area contributed by atoms with Gasteiger partial charge in [0.25, 0.3) is 5.91 Å². The second-order valence-corrected chi connectivity index (χ2v) is 8.29. The number of hydrogen-bond acceptors (Lipinski definition) is 6. The largest absolute Gasteiger partial charge is 0.442 e. The van der Waals surface area contributed by atoms with Crippen LogP contribution in [-0.2, 0) is 0 Å². The van der Waals surface area contributed by atoms with Gasteiger partial charge in [-0.25, -0.2) is 14.4 Å². The van der Waals surface area contributed by atoms with Crippen LogP contribution in [0.25, 0.3) is 11.1 Å². The topological polar surface area (TPSA) is 84.2 Å². The molecule has 2 aliphatic rings. The molecule has 0 aromatic carbocycles. The molecule has 150 valence electrons. The molecular formula is C21H22FN5O2. The van der Waals surface area contributed by atoms with E-state index in [1.165, 1.54) is 18.6 Å². The van der Waals surface area contributed by atoms with Crippen molar-refractivity contribution in [3.05, 3.63) is 47.5 Å². The molecule has 1 unspecified atom stereocenters. The van der Waals surface area contributed by atoms with Crippen LogP contribution in [0, 0.1) is 12.7 Å². The lowest BCUT2D eigenvalue weighted by Gasteiger charge is -2.18. The number of amides is 1. The second-order valence-electron chi connectivity index (χ2n) is 8.29. The highest BCUT2D eigenvalue weighted by atomic mass is 19.1. The maximum Gasteiger partial charge on any atom is 0.258 e. The van der Waals surface area contributed by atoms with E-state index in [4.69, 9.17) is 4.42 Å². The van der Waals surface area contributed by atoms with Crippen molar-refractivity contribution in [1.29, 1.82) is 0 Å². The molecule has 1 saturated heterocycles. The van der Waals surface area contributed by atoms with Gasteiger partial charge in [-0.1, -0.05) is 0 Å². The van der Waals surface area contributed by atoms with E-state index in [1.54, 1.807) is 18.0 Å². The Balaban J connectivity index is 1.46. The van der Waals surface area contributed by atoms with Crippen molar-refractivity contribution in [3.63, 3.8) is 0 Å². The molecule has 5 rings (SSSR count). The summed E-state index contributed by atoms with van der Waals surface area (Å²) in [5.74, 6) is 0.780. The van der Waals surface area contributed by atoms with Crippen molar-refractivity contribution in [2.75, 3.05) is 18.4 Å². The number of aryl methyl sites for hydroxylation is 1. The first-order chi connectivity index (χ1) is 13.9. The zero-order valence-corrected chi connectivity index (χ0v) is 16.4. The van der Waals surface area contributed by atoms with E-state index in [-0.39, 0.29) is 23.2 Å². The van der Waals surface area contributed by atoms with Crippen molar-refractivity contribution in [3.8, 4) is 0 Å². The molecule has 3 aromatic heterocycles. The van der Waals surface area contributed by atoms with Gasteiger partial charge in [-0.2, -0.15) is 0 Å². The Morgan fingerprint density at radius 3 is 2.93 bits per heavy atom. The molecule has 1 amide bonds. The van der Waals surface area contributed by atoms with Gasteiger partial charge in [-0.15, -0.1) is 0 Å². The van der Waals surface area contributed by atoms with Crippen LogP contribution in [0.2, 0.25) is 0 Å². The summed E-state index contributed by atoms with van der Waals surface area (Å²) in [5.41, 5.74) is 1.75. The summed E-state index contributed by atoms with van der Waals surface area (Å²) >= 11 is 0. The molecule has 1 aliphatic carbocycles. The summed E-state index contributed by atoms with van der Waals surface area (Å²) in [7, 11) is 0. The lowest BCUT2D eigenvalue weighted by Crippen LogP contribution is -2.29. The summed E-state index contributed by atoms with van der Waals surface area (Å²) in [5, 5.41) is 4.08. The Bertz CT molecular complexity index is 1110. The monoisotopic (exact) mass is 395 g/mol. The van der Waals surface area contributed by atoms with E-state index in [0.29, 0.717) is 41.3 Å². The molecule has 0 spiro atoms. The summed E-state index contributed by atoms with van der Waals surface area (Å²) < 4.78 is 19.3. The number of anilines is 1. The van der Waals surface area contributed by atoms with Crippen LogP contribution in [-0.4, -0.2) is 44.4 Å². The zero-order chi connectivity index (χ0) is 20.2. The predicted octanol–water partition coefficient (Wildman–Crippen LogP) is 3.66. The Labute approximate surface area is 167 Å². The number of nitrogens with one attached hydrogen (secondary N) is 1. The predicted molar refractivity (Wildman–Crippen MR) is 105 cm³/mol. The number of nitrogens with zero attached hydrogens (tertiary/aromatic N) is 4. The highest BCUT2D eigenvalue weighted by Gasteiger charge is 2.39. The van der Waals surface area contributed by atoms with Gasteiger partial charge in [0.05, 0.1) is 17.1 Å². The van der Waals surface area contributed by atoms with E-state index in [2.05, 4.69) is 27.2 Å². The third kappa shape index (κ3) is 3.22. The van der Waals surface area contributed by atoms with Gasteiger partial charge in [-0.05, 0) is 44.7 Å². The average Bonchev–Trinajstić information content (AvgIpc) is 3.10. The smallest absolute Gasteiger partial charge is 0.258 e. The second kappa shape index (κ2) is 6.50. The molecule has 4 heterocycles. The minimum Gasteiger partial charge on any atom is -0.442 e. The van der Waals surface area contributed by atoms with E-state index >= 15 is 0 Å². The zero-order valence-electron chi connectivity index (χ0n) is 16.4. The fourth-order valence-corrected chi connectivity index (χ4v) is 4.02. The number of likely N-dealkylation sites (tertiary alicyclic amines) is 1. The molecule has 8 heteroatoms. The molecule has 0 bridgehead atoms. The molecule has 29 heavy (non-hydrogen) atoms. The fourth-order valence-electron chi connectivity index (χ4n) is 4.02. The Kier molecular flexibility index (Phi) is 4.04. The van der Waals surface area contributed by atoms with Gasteiger partial charge in [0.1, 0.15) is 23.7 Å². The minimum atomic E-state index is -0.356. The first-order valence-corrected chi connectivity index (χ1v) is 9.85. The molecular weight excluding hydrogens is 373 g/mol. The molecule has 1 atom stereocenters. The van der Waals surface area contributed by atoms with E-state index in [1.807, 2.05) is 0 Å². The quantitative estimate of drug-likeness (QED) is 0.726. The SMILES string of the molecule is Cc1oc2ncnc(NC3(C)CC3)c2c1C(=O)N1CCC(c2cncc(F)c2)C1. The maximum atomic E-state index is 13.5. The molecule has 0 radical (unpaired) electrons. The molecule has 3 aromatic rings. The number of pyridine rings is 1. The molecule has 7 nitrogen and oxygen atoms in total. The van der Waals surface area contributed by atoms with Crippen molar-refractivity contribution in [2.45, 2.75) is 44.6 Å². The lowest BCUT2D eigenvalue weighted by atomic mass is 10.0. The molecule has 2 fully saturated rings. The van der Waals surface area contributed by atoms with Gasteiger partial charge in [-0.3, -0.25) is 9.78 Å².